The predicted molar refractivity (Wildman–Crippen MR) is 82.1 cm³/mol. The number of carbonyl (C=O) groups is 3. The van der Waals surface area contributed by atoms with Crippen LogP contribution in [0, 0.1) is 0 Å². The fraction of sp³-hybridized carbons (Fsp3) is 0.500. The van der Waals surface area contributed by atoms with Crippen LogP contribution in [-0.2, 0) is 14.4 Å². The van der Waals surface area contributed by atoms with Crippen molar-refractivity contribution in [2.24, 2.45) is 0 Å². The first kappa shape index (κ1) is 26.8. The molecule has 0 aromatic carbocycles. The number of aliphatic hydroxyl groups is 5. The van der Waals surface area contributed by atoms with Crippen LogP contribution in [0.25, 0.3) is 0 Å². The van der Waals surface area contributed by atoms with E-state index >= 15 is 0 Å². The number of hydrogen-bond acceptors (Lipinski definition) is 8. The lowest BCUT2D eigenvalue weighted by molar-refractivity contribution is -0.136. The van der Waals surface area contributed by atoms with E-state index in [2.05, 4.69) is 13.2 Å². The molecule has 0 aliphatic carbocycles. The predicted octanol–water partition coefficient (Wildman–Crippen LogP) is -2.08. The third-order valence-electron chi connectivity index (χ3n) is 2.15. The molecule has 7 N–H and O–H groups in total. The fourth-order valence-corrected chi connectivity index (χ4v) is 0.618. The number of aliphatic carboxylic acids is 2. The summed E-state index contributed by atoms with van der Waals surface area (Å²) in [6.45, 7) is 8.44. The summed E-state index contributed by atoms with van der Waals surface area (Å²) < 4.78 is 0. The van der Waals surface area contributed by atoms with Crippen LogP contribution in [0.3, 0.4) is 0 Å². The lowest BCUT2D eigenvalue weighted by Gasteiger charge is -2.22. The Labute approximate surface area is 138 Å². The Hall–Kier alpha value is -2.11. The van der Waals surface area contributed by atoms with E-state index in [9.17, 15) is 14.4 Å². The first-order valence-corrected chi connectivity index (χ1v) is 6.39. The topological polar surface area (TPSA) is 193 Å². The first-order valence-electron chi connectivity index (χ1n) is 6.39. The smallest absolute Gasteiger partial charge is 0.330 e. The summed E-state index contributed by atoms with van der Waals surface area (Å²) in [5, 5.41) is 59.3. The summed E-state index contributed by atoms with van der Waals surface area (Å²) in [4.78, 5) is 29.1. The molecule has 0 radical (unpaired) electrons. The van der Waals surface area contributed by atoms with Gasteiger partial charge in [0.1, 0.15) is 24.4 Å². The van der Waals surface area contributed by atoms with Crippen LogP contribution < -0.4 is 0 Å². The highest BCUT2D eigenvalue weighted by atomic mass is 16.4. The SMILES string of the molecule is C=C(C)C(=O)O.C=C(C)C(=O)O.O=C[C@H](O)[C@@H](O)[C@H](O)[C@H](O)CO. The summed E-state index contributed by atoms with van der Waals surface area (Å²) in [7, 11) is 0. The van der Waals surface area contributed by atoms with Crippen LogP contribution in [0.1, 0.15) is 13.8 Å². The zero-order chi connectivity index (χ0) is 20.0. The second kappa shape index (κ2) is 14.5. The number of rotatable bonds is 7. The number of hydrogen-bond donors (Lipinski definition) is 7. The van der Waals surface area contributed by atoms with Crippen molar-refractivity contribution in [3.8, 4) is 0 Å². The highest BCUT2D eigenvalue weighted by Gasteiger charge is 2.29. The summed E-state index contributed by atoms with van der Waals surface area (Å²) in [5.74, 6) is -1.87. The average Bonchev–Trinajstić information content (AvgIpc) is 2.52. The molecule has 0 rings (SSSR count). The third-order valence-corrected chi connectivity index (χ3v) is 2.15. The zero-order valence-electron chi connectivity index (χ0n) is 13.4. The molecule has 4 atom stereocenters. The zero-order valence-corrected chi connectivity index (χ0v) is 13.4. The van der Waals surface area contributed by atoms with E-state index in [-0.39, 0.29) is 17.4 Å². The number of carboxylic acid groups (broad SMARTS) is 2. The van der Waals surface area contributed by atoms with Crippen molar-refractivity contribution >= 4 is 18.2 Å². The van der Waals surface area contributed by atoms with Gasteiger partial charge < -0.3 is 40.5 Å². The molecule has 0 unspecified atom stereocenters. The molecule has 0 aliphatic heterocycles. The Morgan fingerprint density at radius 2 is 1.21 bits per heavy atom. The molecule has 0 fully saturated rings. The number of carbonyl (C=O) groups excluding carboxylic acids is 1. The monoisotopic (exact) mass is 352 g/mol. The van der Waals surface area contributed by atoms with Crippen LogP contribution in [0.5, 0.6) is 0 Å². The van der Waals surface area contributed by atoms with Gasteiger partial charge in [0.15, 0.2) is 6.29 Å². The molecule has 0 aromatic heterocycles. The molecule has 0 heterocycles. The maximum Gasteiger partial charge on any atom is 0.330 e. The maximum absolute atomic E-state index is 9.90. The van der Waals surface area contributed by atoms with Gasteiger partial charge >= 0.3 is 11.9 Å². The Kier molecular flexibility index (Phi) is 16.2. The molecule has 0 saturated carbocycles. The van der Waals surface area contributed by atoms with Crippen LogP contribution in [0.2, 0.25) is 0 Å². The van der Waals surface area contributed by atoms with E-state index < -0.39 is 43.0 Å². The lowest BCUT2D eigenvalue weighted by Crippen LogP contribution is -2.46. The molecule has 140 valence electrons. The van der Waals surface area contributed by atoms with Gasteiger partial charge in [-0.2, -0.15) is 0 Å². The average molecular weight is 352 g/mol. The van der Waals surface area contributed by atoms with E-state index in [1.165, 1.54) is 13.8 Å². The summed E-state index contributed by atoms with van der Waals surface area (Å²) >= 11 is 0. The van der Waals surface area contributed by atoms with Crippen molar-refractivity contribution in [3.05, 3.63) is 24.3 Å². The van der Waals surface area contributed by atoms with Crippen molar-refractivity contribution in [1.82, 2.24) is 0 Å². The van der Waals surface area contributed by atoms with Gasteiger partial charge in [0, 0.05) is 11.1 Å². The van der Waals surface area contributed by atoms with E-state index in [0.717, 1.165) is 0 Å². The van der Waals surface area contributed by atoms with Crippen LogP contribution in [0.4, 0.5) is 0 Å². The molecule has 0 aliphatic rings. The Balaban J connectivity index is -0.000000309. The van der Waals surface area contributed by atoms with Gasteiger partial charge in [0.05, 0.1) is 6.61 Å². The van der Waals surface area contributed by atoms with Gasteiger partial charge in [-0.3, -0.25) is 0 Å². The van der Waals surface area contributed by atoms with Gasteiger partial charge in [-0.05, 0) is 13.8 Å². The molecule has 0 bridgehead atoms. The highest BCUT2D eigenvalue weighted by Crippen LogP contribution is 2.02. The molecule has 0 aromatic rings. The van der Waals surface area contributed by atoms with Gasteiger partial charge in [-0.15, -0.1) is 0 Å². The summed E-state index contributed by atoms with van der Waals surface area (Å²) in [6, 6.07) is 0. The molecule has 0 amide bonds. The normalized spacial score (nSPS) is 14.3. The molecule has 0 saturated heterocycles. The number of aliphatic hydroxyl groups excluding tert-OH is 5. The summed E-state index contributed by atoms with van der Waals surface area (Å²) in [5.41, 5.74) is 0.352. The Morgan fingerprint density at radius 3 is 1.38 bits per heavy atom. The van der Waals surface area contributed by atoms with Gasteiger partial charge in [0.2, 0.25) is 0 Å². The summed E-state index contributed by atoms with van der Waals surface area (Å²) in [6.07, 6.45) is -6.84. The third kappa shape index (κ3) is 14.8. The van der Waals surface area contributed by atoms with Crippen LogP contribution in [0.15, 0.2) is 24.3 Å². The molecular weight excluding hydrogens is 328 g/mol. The molecule has 24 heavy (non-hydrogen) atoms. The first-order chi connectivity index (χ1) is 10.8. The van der Waals surface area contributed by atoms with E-state index in [1.807, 2.05) is 0 Å². The second-order valence-corrected chi connectivity index (χ2v) is 4.53. The fourth-order valence-electron chi connectivity index (χ4n) is 0.618. The lowest BCUT2D eigenvalue weighted by atomic mass is 10.0. The van der Waals surface area contributed by atoms with E-state index in [1.54, 1.807) is 0 Å². The molecule has 10 heteroatoms. The van der Waals surface area contributed by atoms with Gasteiger partial charge in [0.25, 0.3) is 0 Å². The van der Waals surface area contributed by atoms with Crippen molar-refractivity contribution in [3.63, 3.8) is 0 Å². The van der Waals surface area contributed by atoms with Crippen molar-refractivity contribution in [1.29, 1.82) is 0 Å². The van der Waals surface area contributed by atoms with E-state index in [0.29, 0.717) is 0 Å². The minimum absolute atomic E-state index is 0.0258. The van der Waals surface area contributed by atoms with Gasteiger partial charge in [-0.25, -0.2) is 9.59 Å². The number of aldehydes is 1. The maximum atomic E-state index is 9.90. The minimum Gasteiger partial charge on any atom is -0.478 e. The van der Waals surface area contributed by atoms with E-state index in [4.69, 9.17) is 35.7 Å². The second-order valence-electron chi connectivity index (χ2n) is 4.53. The highest BCUT2D eigenvalue weighted by molar-refractivity contribution is 5.85. The van der Waals surface area contributed by atoms with Crippen LogP contribution >= 0.6 is 0 Å². The van der Waals surface area contributed by atoms with Crippen molar-refractivity contribution in [2.75, 3.05) is 6.61 Å². The minimum atomic E-state index is -1.79. The Bertz CT molecular complexity index is 383. The largest absolute Gasteiger partial charge is 0.478 e. The van der Waals surface area contributed by atoms with Crippen molar-refractivity contribution < 1.29 is 50.1 Å². The quantitative estimate of drug-likeness (QED) is 0.197. The Morgan fingerprint density at radius 1 is 0.917 bits per heavy atom. The van der Waals surface area contributed by atoms with Gasteiger partial charge in [-0.1, -0.05) is 13.2 Å². The van der Waals surface area contributed by atoms with Crippen molar-refractivity contribution in [2.45, 2.75) is 38.3 Å². The van der Waals surface area contributed by atoms with Crippen LogP contribution in [-0.4, -0.2) is 85.0 Å². The molecule has 0 spiro atoms. The standard InChI is InChI=1S/C6H12O6.2C4H6O2/c7-1-3(9)5(11)6(12)4(10)2-8;2*1-3(2)4(5)6/h1,3-6,8-12H,2H2;2*1H2,2H3,(H,5,6)/t3-,4+,5+,6+;;/m0../s1. The number of carboxylic acids is 2. The molecular formula is C14H24O10. The molecule has 10 nitrogen and oxygen atoms in total.